The third-order valence-electron chi connectivity index (χ3n) is 2.66. The fourth-order valence-corrected chi connectivity index (χ4v) is 2.41. The van der Waals surface area contributed by atoms with Gasteiger partial charge in [-0.15, -0.1) is 6.58 Å². The van der Waals surface area contributed by atoms with Crippen molar-refractivity contribution in [1.82, 2.24) is 4.72 Å². The van der Waals surface area contributed by atoms with Crippen LogP contribution in [-0.2, 0) is 14.8 Å². The number of nitro groups is 1. The Morgan fingerprint density at radius 1 is 1.45 bits per heavy atom. The highest BCUT2D eigenvalue weighted by Gasteiger charge is 2.20. The van der Waals surface area contributed by atoms with Crippen LogP contribution in [0.5, 0.6) is 0 Å². The van der Waals surface area contributed by atoms with Crippen molar-refractivity contribution in [3.8, 4) is 0 Å². The topological polar surface area (TPSA) is 116 Å². The molecule has 1 atom stereocenters. The van der Waals surface area contributed by atoms with Gasteiger partial charge < -0.3 is 4.74 Å². The molecule has 0 unspecified atom stereocenters. The zero-order chi connectivity index (χ0) is 16.8. The maximum atomic E-state index is 11.9. The number of nitrogens with zero attached hydrogens (tertiary/aromatic N) is 1. The highest BCUT2D eigenvalue weighted by molar-refractivity contribution is 7.90. The first kappa shape index (κ1) is 17.6. The monoisotopic (exact) mass is 328 g/mol. The summed E-state index contributed by atoms with van der Waals surface area (Å²) in [5.74, 6) is 0. The number of allylic oxidation sites excluding steroid dienone is 1. The number of hydrogen-bond donors (Lipinski definition) is 1. The summed E-state index contributed by atoms with van der Waals surface area (Å²) in [5.41, 5.74) is -0.250. The van der Waals surface area contributed by atoms with Crippen LogP contribution in [0.4, 0.5) is 10.5 Å². The SMILES string of the molecule is C=CCC[C@H](C)OC(=O)NS(=O)(=O)c1ccc([N+](=O)[O-])cc1. The van der Waals surface area contributed by atoms with Gasteiger partial charge in [0.2, 0.25) is 0 Å². The Kier molecular flexibility index (Phi) is 6.05. The van der Waals surface area contributed by atoms with Crippen molar-refractivity contribution in [3.63, 3.8) is 0 Å². The van der Waals surface area contributed by atoms with Gasteiger partial charge >= 0.3 is 6.09 Å². The van der Waals surface area contributed by atoms with Crippen LogP contribution in [0, 0.1) is 10.1 Å². The molecule has 0 aliphatic heterocycles. The number of nitro benzene ring substituents is 1. The summed E-state index contributed by atoms with van der Waals surface area (Å²) in [7, 11) is -4.14. The molecule has 120 valence electrons. The van der Waals surface area contributed by atoms with Crippen LogP contribution < -0.4 is 4.72 Å². The molecule has 0 heterocycles. The Bertz CT molecular complexity index is 654. The van der Waals surface area contributed by atoms with E-state index in [-0.39, 0.29) is 10.6 Å². The maximum absolute atomic E-state index is 11.9. The van der Waals surface area contributed by atoms with E-state index >= 15 is 0 Å². The van der Waals surface area contributed by atoms with Gasteiger partial charge in [-0.1, -0.05) is 6.08 Å². The molecule has 0 radical (unpaired) electrons. The van der Waals surface area contributed by atoms with Crippen LogP contribution in [-0.4, -0.2) is 25.5 Å². The van der Waals surface area contributed by atoms with Crippen molar-refractivity contribution >= 4 is 21.8 Å². The molecular weight excluding hydrogens is 312 g/mol. The molecule has 1 aromatic carbocycles. The smallest absolute Gasteiger partial charge is 0.421 e. The van der Waals surface area contributed by atoms with Crippen LogP contribution in [0.2, 0.25) is 0 Å². The zero-order valence-electron chi connectivity index (χ0n) is 11.9. The molecule has 22 heavy (non-hydrogen) atoms. The summed E-state index contributed by atoms with van der Waals surface area (Å²) in [6.07, 6.45) is 1.24. The Morgan fingerprint density at radius 3 is 2.55 bits per heavy atom. The standard InChI is InChI=1S/C13H16N2O6S/c1-3-4-5-10(2)21-13(16)14-22(19,20)12-8-6-11(7-9-12)15(17)18/h3,6-10H,1,4-5H2,2H3,(H,14,16)/t10-/m0/s1. The van der Waals surface area contributed by atoms with E-state index < -0.39 is 27.1 Å². The average molecular weight is 328 g/mol. The van der Waals surface area contributed by atoms with Crippen molar-refractivity contribution in [2.45, 2.75) is 30.8 Å². The molecule has 9 heteroatoms. The van der Waals surface area contributed by atoms with Crippen molar-refractivity contribution in [2.75, 3.05) is 0 Å². The lowest BCUT2D eigenvalue weighted by Crippen LogP contribution is -2.33. The molecule has 0 bridgehead atoms. The van der Waals surface area contributed by atoms with Gasteiger partial charge in [-0.2, -0.15) is 0 Å². The largest absolute Gasteiger partial charge is 0.446 e. The Hall–Kier alpha value is -2.42. The first-order chi connectivity index (χ1) is 10.3. The van der Waals surface area contributed by atoms with E-state index in [0.29, 0.717) is 12.8 Å². The van der Waals surface area contributed by atoms with Gasteiger partial charge in [-0.05, 0) is 31.9 Å². The summed E-state index contributed by atoms with van der Waals surface area (Å²) in [5, 5.41) is 10.5. The second-order valence-corrected chi connectivity index (χ2v) is 6.12. The van der Waals surface area contributed by atoms with Crippen molar-refractivity contribution in [2.24, 2.45) is 0 Å². The summed E-state index contributed by atoms with van der Waals surface area (Å²) < 4.78 is 30.5. The molecule has 0 aliphatic carbocycles. The predicted octanol–water partition coefficient (Wildman–Crippen LogP) is 2.36. The summed E-state index contributed by atoms with van der Waals surface area (Å²) in [4.78, 5) is 21.1. The van der Waals surface area contributed by atoms with Gasteiger partial charge in [0.25, 0.3) is 15.7 Å². The number of rotatable bonds is 7. The zero-order valence-corrected chi connectivity index (χ0v) is 12.7. The fraction of sp³-hybridized carbons (Fsp3) is 0.308. The van der Waals surface area contributed by atoms with Crippen LogP contribution in [0.3, 0.4) is 0 Å². The molecule has 1 amide bonds. The number of benzene rings is 1. The van der Waals surface area contributed by atoms with E-state index in [1.165, 1.54) is 0 Å². The van der Waals surface area contributed by atoms with Crippen molar-refractivity contribution < 1.29 is 22.9 Å². The van der Waals surface area contributed by atoms with Crippen LogP contribution >= 0.6 is 0 Å². The van der Waals surface area contributed by atoms with E-state index in [4.69, 9.17) is 4.74 Å². The third kappa shape index (κ3) is 5.17. The van der Waals surface area contributed by atoms with Crippen LogP contribution in [0.1, 0.15) is 19.8 Å². The quantitative estimate of drug-likeness (QED) is 0.466. The average Bonchev–Trinajstić information content (AvgIpc) is 2.44. The minimum absolute atomic E-state index is 0.250. The van der Waals surface area contributed by atoms with Gasteiger partial charge in [0, 0.05) is 12.1 Å². The molecule has 8 nitrogen and oxygen atoms in total. The second kappa shape index (κ2) is 7.55. The fourth-order valence-electron chi connectivity index (χ4n) is 1.53. The summed E-state index contributed by atoms with van der Waals surface area (Å²) >= 11 is 0. The van der Waals surface area contributed by atoms with E-state index in [2.05, 4.69) is 6.58 Å². The van der Waals surface area contributed by atoms with E-state index in [1.54, 1.807) is 17.7 Å². The molecular formula is C13H16N2O6S. The van der Waals surface area contributed by atoms with Gasteiger partial charge in [-0.3, -0.25) is 10.1 Å². The number of nitrogens with one attached hydrogen (secondary N) is 1. The lowest BCUT2D eigenvalue weighted by atomic mass is 10.2. The van der Waals surface area contributed by atoms with E-state index in [0.717, 1.165) is 24.3 Å². The maximum Gasteiger partial charge on any atom is 0.421 e. The second-order valence-electron chi connectivity index (χ2n) is 4.44. The molecule has 1 aromatic rings. The normalized spacial score (nSPS) is 12.2. The first-order valence-electron chi connectivity index (χ1n) is 6.35. The predicted molar refractivity (Wildman–Crippen MR) is 78.8 cm³/mol. The number of ether oxygens (including phenoxy) is 1. The Labute approximate surface area is 128 Å². The molecule has 1 N–H and O–H groups in total. The van der Waals surface area contributed by atoms with Gasteiger partial charge in [0.1, 0.15) is 6.10 Å². The minimum atomic E-state index is -4.14. The molecule has 0 spiro atoms. The molecule has 0 aromatic heterocycles. The van der Waals surface area contributed by atoms with Gasteiger partial charge in [0.05, 0.1) is 9.82 Å². The third-order valence-corrected chi connectivity index (χ3v) is 3.99. The summed E-state index contributed by atoms with van der Waals surface area (Å²) in [6.45, 7) is 5.16. The Morgan fingerprint density at radius 2 is 2.05 bits per heavy atom. The molecule has 0 saturated heterocycles. The molecule has 0 fully saturated rings. The van der Waals surface area contributed by atoms with Gasteiger partial charge in [-0.25, -0.2) is 17.9 Å². The molecule has 0 saturated carbocycles. The number of carbonyl (C=O) groups excluding carboxylic acids is 1. The first-order valence-corrected chi connectivity index (χ1v) is 7.83. The van der Waals surface area contributed by atoms with E-state index in [9.17, 15) is 23.3 Å². The lowest BCUT2D eigenvalue weighted by Gasteiger charge is -2.13. The number of sulfonamides is 1. The Balaban J connectivity index is 2.72. The molecule has 1 rings (SSSR count). The number of amides is 1. The molecule has 0 aliphatic rings. The minimum Gasteiger partial charge on any atom is -0.446 e. The highest BCUT2D eigenvalue weighted by atomic mass is 32.2. The van der Waals surface area contributed by atoms with Crippen molar-refractivity contribution in [3.05, 3.63) is 47.0 Å². The highest BCUT2D eigenvalue weighted by Crippen LogP contribution is 2.15. The lowest BCUT2D eigenvalue weighted by molar-refractivity contribution is -0.384. The van der Waals surface area contributed by atoms with E-state index in [1.807, 2.05) is 0 Å². The summed E-state index contributed by atoms with van der Waals surface area (Å²) in [6, 6.07) is 4.14. The van der Waals surface area contributed by atoms with Gasteiger partial charge in [0.15, 0.2) is 0 Å². The number of carbonyl (C=O) groups is 1. The number of hydrogen-bond acceptors (Lipinski definition) is 6. The van der Waals surface area contributed by atoms with Crippen molar-refractivity contribution in [1.29, 1.82) is 0 Å². The number of non-ortho nitro benzene ring substituents is 1. The van der Waals surface area contributed by atoms with Crippen LogP contribution in [0.25, 0.3) is 0 Å². The van der Waals surface area contributed by atoms with Crippen LogP contribution in [0.15, 0.2) is 41.8 Å².